The number of rotatable bonds is 0. The Hall–Kier alpha value is -0.730. The Bertz CT molecular complexity index is 212. The normalized spacial score (nSPS) is 34.3. The molecule has 2 atom stereocenters. The fourth-order valence-electron chi connectivity index (χ4n) is 2.21. The molecular formula is C10H19N3. The molecule has 2 aliphatic rings. The number of piperidine rings is 1. The summed E-state index contributed by atoms with van der Waals surface area (Å²) in [6.45, 7) is 7.80. The lowest BCUT2D eigenvalue weighted by molar-refractivity contribution is 0.187. The summed E-state index contributed by atoms with van der Waals surface area (Å²) in [5, 5.41) is 3.35. The average Bonchev–Trinajstić information content (AvgIpc) is 2.62. The minimum Gasteiger partial charge on any atom is -0.354 e. The highest BCUT2D eigenvalue weighted by atomic mass is 15.3. The number of hydrogen-bond donors (Lipinski definition) is 1. The van der Waals surface area contributed by atoms with Crippen LogP contribution >= 0.6 is 0 Å². The highest BCUT2D eigenvalue weighted by Crippen LogP contribution is 2.22. The van der Waals surface area contributed by atoms with Gasteiger partial charge in [0.25, 0.3) is 0 Å². The van der Waals surface area contributed by atoms with Crippen LogP contribution in [0.2, 0.25) is 0 Å². The van der Waals surface area contributed by atoms with E-state index in [2.05, 4.69) is 29.1 Å². The first-order valence-electron chi connectivity index (χ1n) is 5.34. The summed E-state index contributed by atoms with van der Waals surface area (Å²) in [4.78, 5) is 6.91. The summed E-state index contributed by atoms with van der Waals surface area (Å²) < 4.78 is 0. The SMILES string of the molecule is CC1CCCN(C2=NCCN2)C1C. The number of nitrogens with zero attached hydrogens (tertiary/aromatic N) is 2. The van der Waals surface area contributed by atoms with E-state index in [4.69, 9.17) is 0 Å². The van der Waals surface area contributed by atoms with Crippen LogP contribution in [0.15, 0.2) is 4.99 Å². The van der Waals surface area contributed by atoms with Gasteiger partial charge >= 0.3 is 0 Å². The van der Waals surface area contributed by atoms with Crippen LogP contribution in [-0.4, -0.2) is 36.5 Å². The molecular weight excluding hydrogens is 162 g/mol. The predicted octanol–water partition coefficient (Wildman–Crippen LogP) is 1.07. The zero-order chi connectivity index (χ0) is 9.26. The van der Waals surface area contributed by atoms with E-state index in [-0.39, 0.29) is 0 Å². The van der Waals surface area contributed by atoms with E-state index < -0.39 is 0 Å². The Morgan fingerprint density at radius 2 is 2.31 bits per heavy atom. The molecule has 1 saturated heterocycles. The molecule has 13 heavy (non-hydrogen) atoms. The second-order valence-electron chi connectivity index (χ2n) is 4.19. The van der Waals surface area contributed by atoms with Crippen LogP contribution in [0.4, 0.5) is 0 Å². The Morgan fingerprint density at radius 1 is 1.46 bits per heavy atom. The monoisotopic (exact) mass is 181 g/mol. The molecule has 1 N–H and O–H groups in total. The molecule has 0 bridgehead atoms. The van der Waals surface area contributed by atoms with Gasteiger partial charge in [0.15, 0.2) is 5.96 Å². The molecule has 2 aliphatic heterocycles. The van der Waals surface area contributed by atoms with Crippen LogP contribution in [0.25, 0.3) is 0 Å². The second-order valence-corrected chi connectivity index (χ2v) is 4.19. The zero-order valence-electron chi connectivity index (χ0n) is 8.58. The van der Waals surface area contributed by atoms with Crippen molar-refractivity contribution in [1.29, 1.82) is 0 Å². The van der Waals surface area contributed by atoms with Crippen molar-refractivity contribution in [3.63, 3.8) is 0 Å². The Kier molecular flexibility index (Phi) is 2.42. The summed E-state index contributed by atoms with van der Waals surface area (Å²) in [5.41, 5.74) is 0. The van der Waals surface area contributed by atoms with E-state index in [0.717, 1.165) is 25.0 Å². The Balaban J connectivity index is 2.04. The molecule has 3 heteroatoms. The van der Waals surface area contributed by atoms with Gasteiger partial charge in [0.2, 0.25) is 0 Å². The average molecular weight is 181 g/mol. The van der Waals surface area contributed by atoms with Crippen LogP contribution < -0.4 is 5.32 Å². The zero-order valence-corrected chi connectivity index (χ0v) is 8.58. The molecule has 0 aromatic rings. The molecule has 0 spiro atoms. The summed E-state index contributed by atoms with van der Waals surface area (Å²) in [5.74, 6) is 1.94. The van der Waals surface area contributed by atoms with Crippen molar-refractivity contribution in [3.8, 4) is 0 Å². The lowest BCUT2D eigenvalue weighted by Crippen LogP contribution is -2.49. The van der Waals surface area contributed by atoms with Crippen molar-refractivity contribution in [2.24, 2.45) is 10.9 Å². The van der Waals surface area contributed by atoms with Gasteiger partial charge in [-0.3, -0.25) is 4.99 Å². The number of nitrogens with one attached hydrogen (secondary N) is 1. The van der Waals surface area contributed by atoms with Crippen molar-refractivity contribution >= 4 is 5.96 Å². The summed E-state index contributed by atoms with van der Waals surface area (Å²) >= 11 is 0. The molecule has 1 fully saturated rings. The van der Waals surface area contributed by atoms with Gasteiger partial charge in [-0.15, -0.1) is 0 Å². The van der Waals surface area contributed by atoms with Gasteiger partial charge in [0, 0.05) is 19.1 Å². The van der Waals surface area contributed by atoms with Crippen LogP contribution in [0.5, 0.6) is 0 Å². The Labute approximate surface area is 80.2 Å². The lowest BCUT2D eigenvalue weighted by Gasteiger charge is -2.39. The maximum Gasteiger partial charge on any atom is 0.194 e. The van der Waals surface area contributed by atoms with Crippen molar-refractivity contribution in [1.82, 2.24) is 10.2 Å². The predicted molar refractivity (Wildman–Crippen MR) is 54.9 cm³/mol. The molecule has 2 rings (SSSR count). The number of hydrogen-bond acceptors (Lipinski definition) is 3. The largest absolute Gasteiger partial charge is 0.354 e. The standard InChI is InChI=1S/C10H19N3/c1-8-4-3-7-13(9(8)2)10-11-5-6-12-10/h8-9H,3-7H2,1-2H3,(H,11,12). The number of likely N-dealkylation sites (tertiary alicyclic amines) is 1. The second kappa shape index (κ2) is 3.56. The van der Waals surface area contributed by atoms with Gasteiger partial charge in [-0.2, -0.15) is 0 Å². The van der Waals surface area contributed by atoms with E-state index in [1.807, 2.05) is 0 Å². The highest BCUT2D eigenvalue weighted by Gasteiger charge is 2.27. The van der Waals surface area contributed by atoms with E-state index in [9.17, 15) is 0 Å². The minimum absolute atomic E-state index is 0.651. The van der Waals surface area contributed by atoms with Crippen molar-refractivity contribution in [2.75, 3.05) is 19.6 Å². The number of guanidine groups is 1. The molecule has 3 nitrogen and oxygen atoms in total. The van der Waals surface area contributed by atoms with Crippen molar-refractivity contribution in [3.05, 3.63) is 0 Å². The van der Waals surface area contributed by atoms with Crippen LogP contribution in [0.3, 0.4) is 0 Å². The lowest BCUT2D eigenvalue weighted by atomic mass is 9.92. The summed E-state index contributed by atoms with van der Waals surface area (Å²) in [7, 11) is 0. The maximum atomic E-state index is 4.48. The first kappa shape index (κ1) is 8.85. The number of aliphatic imine (C=N–C) groups is 1. The molecule has 2 heterocycles. The van der Waals surface area contributed by atoms with Gasteiger partial charge < -0.3 is 10.2 Å². The maximum absolute atomic E-state index is 4.48. The third-order valence-electron chi connectivity index (χ3n) is 3.30. The van der Waals surface area contributed by atoms with Crippen LogP contribution in [-0.2, 0) is 0 Å². The highest BCUT2D eigenvalue weighted by molar-refractivity contribution is 5.81. The van der Waals surface area contributed by atoms with Gasteiger partial charge in [0.1, 0.15) is 0 Å². The minimum atomic E-state index is 0.651. The smallest absolute Gasteiger partial charge is 0.194 e. The Morgan fingerprint density at radius 3 is 3.00 bits per heavy atom. The molecule has 0 aromatic heterocycles. The molecule has 2 unspecified atom stereocenters. The van der Waals surface area contributed by atoms with E-state index >= 15 is 0 Å². The third kappa shape index (κ3) is 1.64. The van der Waals surface area contributed by atoms with Gasteiger partial charge in [-0.1, -0.05) is 6.92 Å². The van der Waals surface area contributed by atoms with Gasteiger partial charge in [0.05, 0.1) is 6.54 Å². The first-order chi connectivity index (χ1) is 6.29. The molecule has 74 valence electrons. The van der Waals surface area contributed by atoms with E-state index in [0.29, 0.717) is 6.04 Å². The summed E-state index contributed by atoms with van der Waals surface area (Å²) in [6, 6.07) is 0.651. The molecule has 0 aliphatic carbocycles. The fraction of sp³-hybridized carbons (Fsp3) is 0.900. The van der Waals surface area contributed by atoms with E-state index in [1.165, 1.54) is 19.4 Å². The topological polar surface area (TPSA) is 27.6 Å². The van der Waals surface area contributed by atoms with Crippen LogP contribution in [0.1, 0.15) is 26.7 Å². The van der Waals surface area contributed by atoms with Crippen LogP contribution in [0, 0.1) is 5.92 Å². The van der Waals surface area contributed by atoms with E-state index in [1.54, 1.807) is 0 Å². The molecule has 0 aromatic carbocycles. The molecule has 0 saturated carbocycles. The van der Waals surface area contributed by atoms with Gasteiger partial charge in [-0.05, 0) is 25.7 Å². The van der Waals surface area contributed by atoms with Crippen molar-refractivity contribution in [2.45, 2.75) is 32.7 Å². The fourth-order valence-corrected chi connectivity index (χ4v) is 2.21. The third-order valence-corrected chi connectivity index (χ3v) is 3.30. The molecule has 0 radical (unpaired) electrons. The van der Waals surface area contributed by atoms with Gasteiger partial charge in [-0.25, -0.2) is 0 Å². The first-order valence-corrected chi connectivity index (χ1v) is 5.34. The summed E-state index contributed by atoms with van der Waals surface area (Å²) in [6.07, 6.45) is 2.68. The molecule has 0 amide bonds. The quantitative estimate of drug-likeness (QED) is 0.605. The van der Waals surface area contributed by atoms with Crippen molar-refractivity contribution < 1.29 is 0 Å².